The average Bonchev–Trinajstić information content (AvgIpc) is 1.68. The first-order chi connectivity index (χ1) is 3.31. The maximum absolute atomic E-state index is 9.67. The molecule has 1 unspecified atom stereocenters. The SMILES string of the molecule is C#CC(I)CC=O. The first kappa shape index (κ1) is 6.96. The Morgan fingerprint density at radius 2 is 2.57 bits per heavy atom. The van der Waals surface area contributed by atoms with Gasteiger partial charge < -0.3 is 4.79 Å². The van der Waals surface area contributed by atoms with Crippen molar-refractivity contribution in [1.29, 1.82) is 0 Å². The highest BCUT2D eigenvalue weighted by Crippen LogP contribution is 1.99. The molecule has 2 heteroatoms. The molecule has 0 aliphatic carbocycles. The third-order valence-corrected chi connectivity index (χ3v) is 1.35. The molecule has 0 spiro atoms. The minimum absolute atomic E-state index is 0.0788. The van der Waals surface area contributed by atoms with Gasteiger partial charge in [-0.25, -0.2) is 0 Å². The average molecular weight is 208 g/mol. The predicted molar refractivity (Wildman–Crippen MR) is 37.3 cm³/mol. The van der Waals surface area contributed by atoms with Gasteiger partial charge in [0.2, 0.25) is 0 Å². The molecule has 0 heterocycles. The summed E-state index contributed by atoms with van der Waals surface area (Å²) < 4.78 is 0.0788. The zero-order valence-corrected chi connectivity index (χ0v) is 5.88. The van der Waals surface area contributed by atoms with E-state index in [0.29, 0.717) is 6.42 Å². The molecule has 0 rings (SSSR count). The van der Waals surface area contributed by atoms with Crippen LogP contribution in [-0.4, -0.2) is 10.2 Å². The number of alkyl halides is 1. The van der Waals surface area contributed by atoms with Gasteiger partial charge in [0.25, 0.3) is 0 Å². The van der Waals surface area contributed by atoms with Crippen molar-refractivity contribution >= 4 is 28.9 Å². The topological polar surface area (TPSA) is 17.1 Å². The Hall–Kier alpha value is -0.0400. The normalized spacial score (nSPS) is 12.0. The number of aldehydes is 1. The number of rotatable bonds is 2. The molecule has 0 amide bonds. The Balaban J connectivity index is 3.21. The first-order valence-electron chi connectivity index (χ1n) is 1.85. The number of halogens is 1. The summed E-state index contributed by atoms with van der Waals surface area (Å²) in [7, 11) is 0. The predicted octanol–water partition coefficient (Wildman–Crippen LogP) is 1.01. The van der Waals surface area contributed by atoms with Gasteiger partial charge in [-0.1, -0.05) is 28.5 Å². The van der Waals surface area contributed by atoms with Crippen LogP contribution >= 0.6 is 22.6 Å². The van der Waals surface area contributed by atoms with Gasteiger partial charge >= 0.3 is 0 Å². The first-order valence-corrected chi connectivity index (χ1v) is 3.09. The fourth-order valence-corrected chi connectivity index (χ4v) is 0.360. The molecule has 0 N–H and O–H groups in total. The lowest BCUT2D eigenvalue weighted by molar-refractivity contribution is -0.107. The van der Waals surface area contributed by atoms with Crippen LogP contribution in [0, 0.1) is 12.3 Å². The smallest absolute Gasteiger partial charge is 0.122 e. The van der Waals surface area contributed by atoms with Crippen LogP contribution in [0.15, 0.2) is 0 Å². The van der Waals surface area contributed by atoms with Gasteiger partial charge in [-0.2, -0.15) is 0 Å². The molecule has 0 aromatic heterocycles. The van der Waals surface area contributed by atoms with Crippen molar-refractivity contribution in [2.75, 3.05) is 0 Å². The van der Waals surface area contributed by atoms with Crippen molar-refractivity contribution in [3.05, 3.63) is 0 Å². The highest BCUT2D eigenvalue weighted by atomic mass is 127. The lowest BCUT2D eigenvalue weighted by Crippen LogP contribution is -1.91. The Bertz CT molecular complexity index is 92.7. The molecule has 0 aromatic rings. The van der Waals surface area contributed by atoms with Crippen LogP contribution in [0.25, 0.3) is 0 Å². The molecule has 0 aliphatic heterocycles. The zero-order chi connectivity index (χ0) is 5.70. The molecule has 0 fully saturated rings. The van der Waals surface area contributed by atoms with Gasteiger partial charge in [-0.3, -0.25) is 0 Å². The maximum atomic E-state index is 9.67. The molecular formula is C5H5IO. The molecule has 0 saturated carbocycles. The Kier molecular flexibility index (Phi) is 4.10. The number of hydrogen-bond acceptors (Lipinski definition) is 1. The summed E-state index contributed by atoms with van der Waals surface area (Å²) in [6.45, 7) is 0. The van der Waals surface area contributed by atoms with Crippen LogP contribution in [0.1, 0.15) is 6.42 Å². The van der Waals surface area contributed by atoms with Gasteiger partial charge in [0, 0.05) is 6.42 Å². The van der Waals surface area contributed by atoms with E-state index in [4.69, 9.17) is 6.42 Å². The van der Waals surface area contributed by atoms with Crippen LogP contribution in [0.4, 0.5) is 0 Å². The van der Waals surface area contributed by atoms with Crippen molar-refractivity contribution < 1.29 is 4.79 Å². The van der Waals surface area contributed by atoms with Crippen molar-refractivity contribution in [3.8, 4) is 12.3 Å². The van der Waals surface area contributed by atoms with Crippen LogP contribution < -0.4 is 0 Å². The van der Waals surface area contributed by atoms with E-state index in [1.54, 1.807) is 0 Å². The Morgan fingerprint density at radius 3 is 2.71 bits per heavy atom. The minimum atomic E-state index is 0.0788. The second kappa shape index (κ2) is 4.13. The number of carbonyl (C=O) groups excluding carboxylic acids is 1. The summed E-state index contributed by atoms with van der Waals surface area (Å²) in [4.78, 5) is 9.67. The largest absolute Gasteiger partial charge is 0.303 e. The van der Waals surface area contributed by atoms with Crippen molar-refractivity contribution in [3.63, 3.8) is 0 Å². The minimum Gasteiger partial charge on any atom is -0.303 e. The van der Waals surface area contributed by atoms with Gasteiger partial charge in [-0.05, 0) is 0 Å². The van der Waals surface area contributed by atoms with Crippen LogP contribution in [0.2, 0.25) is 0 Å². The number of terminal acetylenes is 1. The summed E-state index contributed by atoms with van der Waals surface area (Å²) in [5.41, 5.74) is 0. The van der Waals surface area contributed by atoms with Crippen molar-refractivity contribution in [1.82, 2.24) is 0 Å². The summed E-state index contributed by atoms with van der Waals surface area (Å²) in [6, 6.07) is 0. The van der Waals surface area contributed by atoms with Crippen LogP contribution in [-0.2, 0) is 4.79 Å². The van der Waals surface area contributed by atoms with E-state index in [-0.39, 0.29) is 3.92 Å². The lowest BCUT2D eigenvalue weighted by atomic mass is 10.3. The maximum Gasteiger partial charge on any atom is 0.122 e. The third-order valence-electron chi connectivity index (χ3n) is 0.484. The van der Waals surface area contributed by atoms with E-state index in [2.05, 4.69) is 5.92 Å². The summed E-state index contributed by atoms with van der Waals surface area (Å²) in [6.07, 6.45) is 6.24. The number of carbonyl (C=O) groups is 1. The van der Waals surface area contributed by atoms with E-state index < -0.39 is 0 Å². The molecule has 7 heavy (non-hydrogen) atoms. The highest BCUT2D eigenvalue weighted by molar-refractivity contribution is 14.1. The lowest BCUT2D eigenvalue weighted by Gasteiger charge is -1.87. The van der Waals surface area contributed by atoms with Gasteiger partial charge in [0.15, 0.2) is 0 Å². The van der Waals surface area contributed by atoms with E-state index in [1.807, 2.05) is 22.6 Å². The van der Waals surface area contributed by atoms with E-state index in [1.165, 1.54) is 0 Å². The molecule has 38 valence electrons. The van der Waals surface area contributed by atoms with Gasteiger partial charge in [0.1, 0.15) is 6.29 Å². The number of hydrogen-bond donors (Lipinski definition) is 0. The highest BCUT2D eigenvalue weighted by Gasteiger charge is 1.92. The standard InChI is InChI=1S/C5H5IO/c1-2-5(6)3-4-7/h1,4-5H,3H2. The molecule has 1 nitrogen and oxygen atoms in total. The van der Waals surface area contributed by atoms with Crippen LogP contribution in [0.3, 0.4) is 0 Å². The molecule has 0 saturated heterocycles. The molecule has 1 atom stereocenters. The van der Waals surface area contributed by atoms with Crippen molar-refractivity contribution in [2.24, 2.45) is 0 Å². The quantitative estimate of drug-likeness (QED) is 0.286. The molecule has 0 bridgehead atoms. The summed E-state index contributed by atoms with van der Waals surface area (Å²) >= 11 is 2.04. The van der Waals surface area contributed by atoms with Crippen molar-refractivity contribution in [2.45, 2.75) is 10.3 Å². The summed E-state index contributed by atoms with van der Waals surface area (Å²) in [5, 5.41) is 0. The van der Waals surface area contributed by atoms with Crippen LogP contribution in [0.5, 0.6) is 0 Å². The van der Waals surface area contributed by atoms with Gasteiger partial charge in [0.05, 0.1) is 3.92 Å². The molecule has 0 aliphatic rings. The molecule has 0 aromatic carbocycles. The Morgan fingerprint density at radius 1 is 2.00 bits per heavy atom. The third kappa shape index (κ3) is 3.80. The van der Waals surface area contributed by atoms with E-state index in [0.717, 1.165) is 6.29 Å². The second-order valence-electron chi connectivity index (χ2n) is 1.04. The molecular weight excluding hydrogens is 203 g/mol. The fourth-order valence-electron chi connectivity index (χ4n) is 0.153. The monoisotopic (exact) mass is 208 g/mol. The van der Waals surface area contributed by atoms with Gasteiger partial charge in [-0.15, -0.1) is 6.42 Å². The second-order valence-corrected chi connectivity index (χ2v) is 2.54. The summed E-state index contributed by atoms with van der Waals surface area (Å²) in [5.74, 6) is 2.42. The molecule has 0 radical (unpaired) electrons. The van der Waals surface area contributed by atoms with E-state index >= 15 is 0 Å². The Labute approximate surface area is 56.6 Å². The zero-order valence-electron chi connectivity index (χ0n) is 3.73. The fraction of sp³-hybridized carbons (Fsp3) is 0.400. The van der Waals surface area contributed by atoms with E-state index in [9.17, 15) is 4.79 Å².